The fourth-order valence-corrected chi connectivity index (χ4v) is 3.93. The van der Waals surface area contributed by atoms with Crippen molar-refractivity contribution in [2.75, 3.05) is 18.5 Å². The number of anilines is 1. The first-order valence-electron chi connectivity index (χ1n) is 10.4. The minimum Gasteiger partial charge on any atom is -0.486 e. The Morgan fingerprint density at radius 1 is 1.12 bits per heavy atom. The van der Waals surface area contributed by atoms with Crippen molar-refractivity contribution >= 4 is 27.9 Å². The van der Waals surface area contributed by atoms with E-state index in [-0.39, 0.29) is 30.4 Å². The average Bonchev–Trinajstić information content (AvgIpc) is 3.34. The molecule has 1 aliphatic rings. The van der Waals surface area contributed by atoms with Crippen LogP contribution in [-0.2, 0) is 0 Å². The van der Waals surface area contributed by atoms with Gasteiger partial charge in [-0.1, -0.05) is 12.1 Å². The smallest absolute Gasteiger partial charge is 0.267 e. The number of fused-ring (bicyclic) bond motifs is 4. The largest absolute Gasteiger partial charge is 0.486 e. The lowest BCUT2D eigenvalue weighted by Crippen LogP contribution is -2.35. The number of aromatic nitrogens is 5. The SMILES string of the molecule is O=c1c2cn[nH]c2c2cnc(NC[C@H]3COc4ccc(F)cc4O3)nc2n1-c1ccccc1F. The van der Waals surface area contributed by atoms with Gasteiger partial charge in [0, 0.05) is 12.3 Å². The Labute approximate surface area is 190 Å². The topological polar surface area (TPSA) is 107 Å². The van der Waals surface area contributed by atoms with E-state index in [1.165, 1.54) is 47.3 Å². The molecule has 0 spiro atoms. The molecule has 2 N–H and O–H groups in total. The summed E-state index contributed by atoms with van der Waals surface area (Å²) in [6.45, 7) is 0.492. The summed E-state index contributed by atoms with van der Waals surface area (Å²) in [5.41, 5.74) is 0.265. The van der Waals surface area contributed by atoms with E-state index in [0.29, 0.717) is 27.8 Å². The highest BCUT2D eigenvalue weighted by molar-refractivity contribution is 6.02. The number of rotatable bonds is 4. The molecular formula is C23H16F2N6O3. The molecular weight excluding hydrogens is 446 g/mol. The number of pyridine rings is 1. The van der Waals surface area contributed by atoms with Crippen molar-refractivity contribution in [2.45, 2.75) is 6.10 Å². The van der Waals surface area contributed by atoms with Crippen LogP contribution < -0.4 is 20.3 Å². The Kier molecular flexibility index (Phi) is 4.61. The number of nitrogens with one attached hydrogen (secondary N) is 2. The number of ether oxygens (including phenoxy) is 2. The number of H-pyrrole nitrogens is 1. The molecule has 2 aromatic carbocycles. The molecule has 3 aromatic heterocycles. The number of aromatic amines is 1. The van der Waals surface area contributed by atoms with E-state index < -0.39 is 23.3 Å². The fraction of sp³-hybridized carbons (Fsp3) is 0.130. The summed E-state index contributed by atoms with van der Waals surface area (Å²) < 4.78 is 40.8. The van der Waals surface area contributed by atoms with Gasteiger partial charge in [0.15, 0.2) is 17.1 Å². The molecule has 0 amide bonds. The van der Waals surface area contributed by atoms with Crippen LogP contribution in [0.15, 0.2) is 59.7 Å². The molecule has 11 heteroatoms. The number of nitrogens with zero attached hydrogens (tertiary/aromatic N) is 4. The summed E-state index contributed by atoms with van der Waals surface area (Å²) in [4.78, 5) is 22.0. The molecule has 0 fully saturated rings. The highest BCUT2D eigenvalue weighted by Gasteiger charge is 2.22. The first-order chi connectivity index (χ1) is 16.6. The van der Waals surface area contributed by atoms with Gasteiger partial charge in [0.1, 0.15) is 24.3 Å². The normalized spacial score (nSPS) is 15.1. The summed E-state index contributed by atoms with van der Waals surface area (Å²) in [5.74, 6) is -0.0142. The van der Waals surface area contributed by atoms with Crippen LogP contribution in [0.5, 0.6) is 11.5 Å². The van der Waals surface area contributed by atoms with Crippen LogP contribution in [-0.4, -0.2) is 44.0 Å². The molecule has 0 unspecified atom stereocenters. The maximum Gasteiger partial charge on any atom is 0.267 e. The standard InChI is InChI=1S/C23H16F2N6O3/c24-12-5-6-18-19(7-12)34-13(11-33-18)8-26-23-27-9-14-20-15(10-28-30-20)22(32)31(21(14)29-23)17-4-2-1-3-16(17)25/h1-7,9-10,13H,8,11H2,(H,28,30)(H,26,27,29)/t13-/m0/s1. The van der Waals surface area contributed by atoms with E-state index in [4.69, 9.17) is 9.47 Å². The van der Waals surface area contributed by atoms with Gasteiger partial charge < -0.3 is 14.8 Å². The summed E-state index contributed by atoms with van der Waals surface area (Å²) in [6, 6.07) is 10.0. The van der Waals surface area contributed by atoms with Gasteiger partial charge in [-0.15, -0.1) is 0 Å². The van der Waals surface area contributed by atoms with Gasteiger partial charge in [-0.2, -0.15) is 10.1 Å². The first-order valence-corrected chi connectivity index (χ1v) is 10.4. The van der Waals surface area contributed by atoms with E-state index in [9.17, 15) is 13.6 Å². The zero-order valence-electron chi connectivity index (χ0n) is 17.5. The predicted octanol–water partition coefficient (Wildman–Crippen LogP) is 3.19. The third-order valence-corrected chi connectivity index (χ3v) is 5.53. The van der Waals surface area contributed by atoms with Crippen molar-refractivity contribution < 1.29 is 18.3 Å². The van der Waals surface area contributed by atoms with Crippen LogP contribution in [0.25, 0.3) is 27.6 Å². The van der Waals surface area contributed by atoms with Crippen LogP contribution in [0.3, 0.4) is 0 Å². The van der Waals surface area contributed by atoms with Crippen molar-refractivity contribution in [1.82, 2.24) is 24.7 Å². The van der Waals surface area contributed by atoms with Gasteiger partial charge in [0.05, 0.1) is 34.7 Å². The predicted molar refractivity (Wildman–Crippen MR) is 120 cm³/mol. The Morgan fingerprint density at radius 3 is 2.88 bits per heavy atom. The van der Waals surface area contributed by atoms with E-state index in [1.54, 1.807) is 12.1 Å². The number of benzene rings is 2. The van der Waals surface area contributed by atoms with Gasteiger partial charge in [0.25, 0.3) is 5.56 Å². The molecule has 0 radical (unpaired) electrons. The lowest BCUT2D eigenvalue weighted by molar-refractivity contribution is 0.0990. The molecule has 9 nitrogen and oxygen atoms in total. The van der Waals surface area contributed by atoms with Crippen molar-refractivity contribution in [2.24, 2.45) is 0 Å². The van der Waals surface area contributed by atoms with Gasteiger partial charge in [-0.05, 0) is 24.3 Å². The summed E-state index contributed by atoms with van der Waals surface area (Å²) >= 11 is 0. The zero-order chi connectivity index (χ0) is 23.2. The van der Waals surface area contributed by atoms with Crippen LogP contribution in [0.1, 0.15) is 0 Å². The second-order valence-electron chi connectivity index (χ2n) is 7.70. The lowest BCUT2D eigenvalue weighted by Gasteiger charge is -2.26. The van der Waals surface area contributed by atoms with Crippen molar-refractivity contribution in [3.8, 4) is 17.2 Å². The minimum atomic E-state index is -0.569. The van der Waals surface area contributed by atoms with Crippen molar-refractivity contribution in [1.29, 1.82) is 0 Å². The molecule has 0 aliphatic carbocycles. The van der Waals surface area contributed by atoms with Crippen LogP contribution >= 0.6 is 0 Å². The van der Waals surface area contributed by atoms with E-state index in [1.807, 2.05) is 0 Å². The zero-order valence-corrected chi connectivity index (χ0v) is 17.5. The molecule has 0 saturated carbocycles. The number of halogens is 2. The highest BCUT2D eigenvalue weighted by Crippen LogP contribution is 2.32. The van der Waals surface area contributed by atoms with Gasteiger partial charge in [-0.3, -0.25) is 14.5 Å². The summed E-state index contributed by atoms with van der Waals surface area (Å²) in [5, 5.41) is 10.6. The highest BCUT2D eigenvalue weighted by atomic mass is 19.1. The molecule has 6 rings (SSSR count). The molecule has 4 heterocycles. The number of para-hydroxylation sites is 1. The van der Waals surface area contributed by atoms with Crippen LogP contribution in [0, 0.1) is 11.6 Å². The molecule has 1 aliphatic heterocycles. The maximum atomic E-state index is 14.7. The molecule has 170 valence electrons. The molecule has 0 saturated heterocycles. The van der Waals surface area contributed by atoms with Crippen molar-refractivity contribution in [3.05, 3.63) is 76.8 Å². The maximum absolute atomic E-state index is 14.7. The van der Waals surface area contributed by atoms with Crippen LogP contribution in [0.4, 0.5) is 14.7 Å². The molecule has 34 heavy (non-hydrogen) atoms. The van der Waals surface area contributed by atoms with Gasteiger partial charge >= 0.3 is 0 Å². The Bertz CT molecular complexity index is 1620. The molecule has 1 atom stereocenters. The fourth-order valence-electron chi connectivity index (χ4n) is 3.93. The summed E-state index contributed by atoms with van der Waals surface area (Å²) in [7, 11) is 0. The first kappa shape index (κ1) is 20.1. The van der Waals surface area contributed by atoms with E-state index in [2.05, 4.69) is 25.5 Å². The number of hydrogen-bond donors (Lipinski definition) is 2. The Balaban J connectivity index is 1.37. The third-order valence-electron chi connectivity index (χ3n) is 5.53. The van der Waals surface area contributed by atoms with E-state index >= 15 is 0 Å². The monoisotopic (exact) mass is 462 g/mol. The molecule has 5 aromatic rings. The summed E-state index contributed by atoms with van der Waals surface area (Å²) in [6.07, 6.45) is 2.49. The minimum absolute atomic E-state index is 0.0629. The van der Waals surface area contributed by atoms with Crippen LogP contribution in [0.2, 0.25) is 0 Å². The second kappa shape index (κ2) is 7.80. The lowest BCUT2D eigenvalue weighted by atomic mass is 10.2. The van der Waals surface area contributed by atoms with Crippen molar-refractivity contribution in [3.63, 3.8) is 0 Å². The molecule has 0 bridgehead atoms. The van der Waals surface area contributed by atoms with Gasteiger partial charge in [0.2, 0.25) is 5.95 Å². The van der Waals surface area contributed by atoms with Gasteiger partial charge in [-0.25, -0.2) is 13.8 Å². The second-order valence-corrected chi connectivity index (χ2v) is 7.70. The Hall–Kier alpha value is -4.54. The quantitative estimate of drug-likeness (QED) is 0.422. The van der Waals surface area contributed by atoms with E-state index in [0.717, 1.165) is 0 Å². The Morgan fingerprint density at radius 2 is 2.00 bits per heavy atom. The average molecular weight is 462 g/mol. The third kappa shape index (κ3) is 3.29. The number of hydrogen-bond acceptors (Lipinski definition) is 7.